The van der Waals surface area contributed by atoms with Gasteiger partial charge in [-0.1, -0.05) is 0 Å². The van der Waals surface area contributed by atoms with Gasteiger partial charge in [0.15, 0.2) is 12.0 Å². The van der Waals surface area contributed by atoms with Gasteiger partial charge in [-0.15, -0.1) is 0 Å². The van der Waals surface area contributed by atoms with E-state index in [2.05, 4.69) is 4.72 Å². The average Bonchev–Trinajstić information content (AvgIpc) is 2.79. The van der Waals surface area contributed by atoms with Gasteiger partial charge in [0.05, 0.1) is 0 Å². The van der Waals surface area contributed by atoms with E-state index < -0.39 is 10.0 Å². The number of aldehydes is 1. The van der Waals surface area contributed by atoms with Crippen molar-refractivity contribution in [2.45, 2.75) is 24.0 Å². The van der Waals surface area contributed by atoms with Crippen LogP contribution in [0.3, 0.4) is 0 Å². The second-order valence-electron chi connectivity index (χ2n) is 3.78. The lowest BCUT2D eigenvalue weighted by Crippen LogP contribution is -2.38. The predicted molar refractivity (Wildman–Crippen MR) is 58.3 cm³/mol. The van der Waals surface area contributed by atoms with Crippen molar-refractivity contribution in [2.24, 2.45) is 0 Å². The quantitative estimate of drug-likeness (QED) is 0.798. The van der Waals surface area contributed by atoms with Gasteiger partial charge >= 0.3 is 0 Å². The maximum atomic E-state index is 11.9. The van der Waals surface area contributed by atoms with Gasteiger partial charge in [-0.2, -0.15) is 0 Å². The molecule has 0 unspecified atom stereocenters. The number of furan rings is 1. The van der Waals surface area contributed by atoms with E-state index in [1.54, 1.807) is 0 Å². The molecule has 1 aliphatic rings. The van der Waals surface area contributed by atoms with E-state index in [9.17, 15) is 13.2 Å². The molecule has 1 saturated heterocycles. The second kappa shape index (κ2) is 4.99. The van der Waals surface area contributed by atoms with Crippen molar-refractivity contribution < 1.29 is 22.4 Å². The molecule has 1 N–H and O–H groups in total. The number of hydrogen-bond donors (Lipinski definition) is 1. The SMILES string of the molecule is O=Cc1ccc(S(=O)(=O)NC2CCOCC2)o1. The van der Waals surface area contributed by atoms with E-state index in [1.165, 1.54) is 12.1 Å². The van der Waals surface area contributed by atoms with Gasteiger partial charge in [0, 0.05) is 19.3 Å². The minimum Gasteiger partial charge on any atom is -0.440 e. The maximum Gasteiger partial charge on any atom is 0.274 e. The Balaban J connectivity index is 2.09. The summed E-state index contributed by atoms with van der Waals surface area (Å²) in [5.41, 5.74) is 0. The number of hydrogen-bond acceptors (Lipinski definition) is 5. The number of sulfonamides is 1. The molecule has 0 saturated carbocycles. The highest BCUT2D eigenvalue weighted by atomic mass is 32.2. The Labute approximate surface area is 99.0 Å². The molecule has 1 aromatic rings. The Bertz CT molecular complexity index is 487. The zero-order valence-corrected chi connectivity index (χ0v) is 9.90. The van der Waals surface area contributed by atoms with Crippen molar-refractivity contribution >= 4 is 16.3 Å². The van der Waals surface area contributed by atoms with Crippen LogP contribution in [0, 0.1) is 0 Å². The molecule has 0 spiro atoms. The number of carbonyl (C=O) groups excluding carboxylic acids is 1. The fraction of sp³-hybridized carbons (Fsp3) is 0.500. The van der Waals surface area contributed by atoms with Gasteiger partial charge in [0.1, 0.15) is 0 Å². The van der Waals surface area contributed by atoms with E-state index in [0.29, 0.717) is 32.3 Å². The summed E-state index contributed by atoms with van der Waals surface area (Å²) in [6.07, 6.45) is 1.74. The summed E-state index contributed by atoms with van der Waals surface area (Å²) >= 11 is 0. The molecule has 2 rings (SSSR count). The molecule has 0 bridgehead atoms. The normalized spacial score (nSPS) is 18.1. The molecule has 0 aliphatic carbocycles. The van der Waals surface area contributed by atoms with E-state index in [-0.39, 0.29) is 16.9 Å². The van der Waals surface area contributed by atoms with Gasteiger partial charge in [-0.05, 0) is 25.0 Å². The molecule has 2 heterocycles. The number of carbonyl (C=O) groups is 1. The molecule has 0 amide bonds. The average molecular weight is 259 g/mol. The third-order valence-electron chi connectivity index (χ3n) is 2.53. The highest BCUT2D eigenvalue weighted by Crippen LogP contribution is 2.15. The maximum absolute atomic E-state index is 11.9. The number of rotatable bonds is 4. The molecule has 94 valence electrons. The summed E-state index contributed by atoms with van der Waals surface area (Å²) < 4.78 is 36.3. The topological polar surface area (TPSA) is 85.6 Å². The van der Waals surface area contributed by atoms with Gasteiger partial charge < -0.3 is 9.15 Å². The first kappa shape index (κ1) is 12.3. The summed E-state index contributed by atoms with van der Waals surface area (Å²) in [7, 11) is -3.68. The second-order valence-corrected chi connectivity index (χ2v) is 5.43. The van der Waals surface area contributed by atoms with Crippen LogP contribution in [-0.4, -0.2) is 34.0 Å². The standard InChI is InChI=1S/C10H13NO5S/c12-7-9-1-2-10(16-9)17(13,14)11-8-3-5-15-6-4-8/h1-2,7-8,11H,3-6H2. The lowest BCUT2D eigenvalue weighted by atomic mass is 10.1. The van der Waals surface area contributed by atoms with Crippen LogP contribution in [0.4, 0.5) is 0 Å². The molecule has 0 atom stereocenters. The van der Waals surface area contributed by atoms with E-state index in [4.69, 9.17) is 9.15 Å². The van der Waals surface area contributed by atoms with Crippen LogP contribution in [0.5, 0.6) is 0 Å². The third-order valence-corrected chi connectivity index (χ3v) is 3.92. The van der Waals surface area contributed by atoms with Crippen LogP contribution in [0.25, 0.3) is 0 Å². The van der Waals surface area contributed by atoms with Crippen LogP contribution < -0.4 is 4.72 Å². The van der Waals surface area contributed by atoms with Crippen molar-refractivity contribution in [3.05, 3.63) is 17.9 Å². The molecule has 1 fully saturated rings. The molecule has 7 heteroatoms. The van der Waals surface area contributed by atoms with Crippen molar-refractivity contribution in [3.8, 4) is 0 Å². The fourth-order valence-corrected chi connectivity index (χ4v) is 2.88. The molecule has 1 aliphatic heterocycles. The fourth-order valence-electron chi connectivity index (χ4n) is 1.64. The predicted octanol–water partition coefficient (Wildman–Crippen LogP) is 0.549. The van der Waals surface area contributed by atoms with Crippen LogP contribution in [0.15, 0.2) is 21.6 Å². The summed E-state index contributed by atoms with van der Waals surface area (Å²) in [5, 5.41) is -0.230. The monoisotopic (exact) mass is 259 g/mol. The zero-order chi connectivity index (χ0) is 12.3. The highest BCUT2D eigenvalue weighted by molar-refractivity contribution is 7.89. The number of ether oxygens (including phenoxy) is 1. The van der Waals surface area contributed by atoms with Crippen molar-refractivity contribution in [3.63, 3.8) is 0 Å². The van der Waals surface area contributed by atoms with Crippen LogP contribution >= 0.6 is 0 Å². The minimum absolute atomic E-state index is 0.00245. The van der Waals surface area contributed by atoms with Crippen molar-refractivity contribution in [1.29, 1.82) is 0 Å². The first-order chi connectivity index (χ1) is 8.12. The smallest absolute Gasteiger partial charge is 0.274 e. The van der Waals surface area contributed by atoms with Gasteiger partial charge in [0.25, 0.3) is 10.0 Å². The first-order valence-electron chi connectivity index (χ1n) is 5.27. The van der Waals surface area contributed by atoms with Crippen LogP contribution in [0.2, 0.25) is 0 Å². The molecule has 0 radical (unpaired) electrons. The summed E-state index contributed by atoms with van der Waals surface area (Å²) in [6.45, 7) is 1.09. The Hall–Kier alpha value is -1.18. The summed E-state index contributed by atoms with van der Waals surface area (Å²) in [5.74, 6) is -0.00245. The Morgan fingerprint density at radius 2 is 2.00 bits per heavy atom. The zero-order valence-electron chi connectivity index (χ0n) is 9.09. The van der Waals surface area contributed by atoms with E-state index >= 15 is 0 Å². The highest BCUT2D eigenvalue weighted by Gasteiger charge is 2.24. The Morgan fingerprint density at radius 1 is 1.29 bits per heavy atom. The minimum atomic E-state index is -3.68. The first-order valence-corrected chi connectivity index (χ1v) is 6.75. The third kappa shape index (κ3) is 2.93. The summed E-state index contributed by atoms with van der Waals surface area (Å²) in [4.78, 5) is 10.4. The summed E-state index contributed by atoms with van der Waals surface area (Å²) in [6, 6.07) is 2.45. The van der Waals surface area contributed by atoms with Crippen LogP contribution in [0.1, 0.15) is 23.4 Å². The molecule has 1 aromatic heterocycles. The lowest BCUT2D eigenvalue weighted by Gasteiger charge is -2.22. The lowest BCUT2D eigenvalue weighted by molar-refractivity contribution is 0.0831. The number of nitrogens with one attached hydrogen (secondary N) is 1. The van der Waals surface area contributed by atoms with Gasteiger partial charge in [-0.25, -0.2) is 13.1 Å². The van der Waals surface area contributed by atoms with Gasteiger partial charge in [0.2, 0.25) is 5.09 Å². The molecular formula is C10H13NO5S. The van der Waals surface area contributed by atoms with Crippen molar-refractivity contribution in [2.75, 3.05) is 13.2 Å². The Morgan fingerprint density at radius 3 is 2.59 bits per heavy atom. The molecular weight excluding hydrogens is 246 g/mol. The molecule has 17 heavy (non-hydrogen) atoms. The molecule has 6 nitrogen and oxygen atoms in total. The van der Waals surface area contributed by atoms with Crippen LogP contribution in [-0.2, 0) is 14.8 Å². The van der Waals surface area contributed by atoms with Crippen molar-refractivity contribution in [1.82, 2.24) is 4.72 Å². The largest absolute Gasteiger partial charge is 0.440 e. The Kier molecular flexibility index (Phi) is 3.60. The van der Waals surface area contributed by atoms with Gasteiger partial charge in [-0.3, -0.25) is 4.79 Å². The molecule has 0 aromatic carbocycles. The van der Waals surface area contributed by atoms with E-state index in [1.807, 2.05) is 0 Å². The van der Waals surface area contributed by atoms with E-state index in [0.717, 1.165) is 0 Å².